The van der Waals surface area contributed by atoms with E-state index in [1.165, 1.54) is 20.0 Å². The van der Waals surface area contributed by atoms with Gasteiger partial charge in [0.1, 0.15) is 0 Å². The van der Waals surface area contributed by atoms with Crippen LogP contribution in [0.5, 0.6) is 0 Å². The molecule has 0 unspecified atom stereocenters. The quantitative estimate of drug-likeness (QED) is 0.506. The van der Waals surface area contributed by atoms with Crippen LogP contribution >= 0.6 is 0 Å². The van der Waals surface area contributed by atoms with E-state index in [0.717, 1.165) is 32.1 Å². The maximum atomic E-state index is 11.8. The SMILES string of the molecule is CCC[C@H](C[C@@H]1CC[C@H]([C@@H](C)[C@H](O)[C@H](C)[C@@H]2CC[C@H]([C@@H](C)C(=O)OC)O2)O1)NC. The summed E-state index contributed by atoms with van der Waals surface area (Å²) in [6.45, 7) is 8.22. The van der Waals surface area contributed by atoms with Gasteiger partial charge in [-0.2, -0.15) is 0 Å². The van der Waals surface area contributed by atoms with E-state index in [2.05, 4.69) is 26.1 Å². The van der Waals surface area contributed by atoms with Gasteiger partial charge in [0.15, 0.2) is 0 Å². The van der Waals surface area contributed by atoms with Gasteiger partial charge in [-0.25, -0.2) is 0 Å². The molecule has 0 spiro atoms. The number of hydrogen-bond donors (Lipinski definition) is 2. The summed E-state index contributed by atoms with van der Waals surface area (Å²) in [4.78, 5) is 11.8. The van der Waals surface area contributed by atoms with Gasteiger partial charge in [-0.3, -0.25) is 4.79 Å². The molecule has 0 saturated carbocycles. The summed E-state index contributed by atoms with van der Waals surface area (Å²) in [5, 5.41) is 14.4. The first-order valence-electron chi connectivity index (χ1n) is 11.6. The van der Waals surface area contributed by atoms with Crippen LogP contribution in [-0.2, 0) is 19.0 Å². The molecule has 2 heterocycles. The van der Waals surface area contributed by atoms with Gasteiger partial charge in [-0.1, -0.05) is 27.2 Å². The zero-order valence-electron chi connectivity index (χ0n) is 19.2. The molecule has 2 saturated heterocycles. The fourth-order valence-electron chi connectivity index (χ4n) is 5.04. The van der Waals surface area contributed by atoms with Crippen LogP contribution < -0.4 is 5.32 Å². The summed E-state index contributed by atoms with van der Waals surface area (Å²) in [6, 6.07) is 0.503. The second kappa shape index (κ2) is 11.6. The standard InChI is InChI=1S/C23H43NO5/c1-7-8-17(24-5)13-18-9-10-19(28-18)14(2)22(25)15(3)20-11-12-21(29-20)16(4)23(26)27-6/h14-22,24-25H,7-13H2,1-6H3/t14-,15-,16-,17-,18+,19-,20+,21-,22+/m1/s1. The second-order valence-corrected chi connectivity index (χ2v) is 9.19. The van der Waals surface area contributed by atoms with E-state index in [9.17, 15) is 9.90 Å². The first-order valence-corrected chi connectivity index (χ1v) is 11.6. The molecule has 2 fully saturated rings. The van der Waals surface area contributed by atoms with E-state index in [0.29, 0.717) is 6.04 Å². The van der Waals surface area contributed by atoms with Crippen molar-refractivity contribution in [1.29, 1.82) is 0 Å². The van der Waals surface area contributed by atoms with Crippen molar-refractivity contribution in [3.05, 3.63) is 0 Å². The number of aliphatic hydroxyl groups excluding tert-OH is 1. The second-order valence-electron chi connectivity index (χ2n) is 9.19. The van der Waals surface area contributed by atoms with Gasteiger partial charge >= 0.3 is 5.97 Å². The third kappa shape index (κ3) is 6.39. The van der Waals surface area contributed by atoms with Gasteiger partial charge in [0.2, 0.25) is 0 Å². The minimum atomic E-state index is -0.480. The number of carbonyl (C=O) groups is 1. The summed E-state index contributed by atoms with van der Waals surface area (Å²) < 4.78 is 17.3. The number of nitrogens with one attached hydrogen (secondary N) is 1. The summed E-state index contributed by atoms with van der Waals surface area (Å²) in [5.41, 5.74) is 0. The van der Waals surface area contributed by atoms with Crippen molar-refractivity contribution in [3.63, 3.8) is 0 Å². The minimum absolute atomic E-state index is 0.00708. The minimum Gasteiger partial charge on any atom is -0.469 e. The zero-order chi connectivity index (χ0) is 21.6. The molecular formula is C23H43NO5. The molecule has 29 heavy (non-hydrogen) atoms. The Morgan fingerprint density at radius 1 is 1.07 bits per heavy atom. The third-order valence-electron chi connectivity index (χ3n) is 7.20. The molecule has 6 heteroatoms. The molecule has 0 amide bonds. The molecule has 0 aromatic heterocycles. The average Bonchev–Trinajstić information content (AvgIpc) is 3.40. The van der Waals surface area contributed by atoms with Crippen LogP contribution in [0.25, 0.3) is 0 Å². The van der Waals surface area contributed by atoms with Crippen LogP contribution in [0, 0.1) is 17.8 Å². The lowest BCUT2D eigenvalue weighted by Crippen LogP contribution is -2.40. The van der Waals surface area contributed by atoms with Gasteiger partial charge in [0, 0.05) is 17.9 Å². The van der Waals surface area contributed by atoms with Crippen molar-refractivity contribution in [2.75, 3.05) is 14.2 Å². The van der Waals surface area contributed by atoms with Gasteiger partial charge in [0.25, 0.3) is 0 Å². The molecule has 2 aliphatic heterocycles. The predicted molar refractivity (Wildman–Crippen MR) is 114 cm³/mol. The first-order chi connectivity index (χ1) is 13.8. The van der Waals surface area contributed by atoms with Crippen LogP contribution in [-0.4, -0.2) is 61.8 Å². The highest BCUT2D eigenvalue weighted by molar-refractivity contribution is 5.72. The van der Waals surface area contributed by atoms with Gasteiger partial charge in [-0.15, -0.1) is 0 Å². The summed E-state index contributed by atoms with van der Waals surface area (Å²) in [6.07, 6.45) is 6.90. The van der Waals surface area contributed by atoms with Crippen LogP contribution in [0.15, 0.2) is 0 Å². The number of methoxy groups -OCH3 is 1. The van der Waals surface area contributed by atoms with Crippen molar-refractivity contribution < 1.29 is 24.1 Å². The van der Waals surface area contributed by atoms with E-state index in [1.807, 2.05) is 14.0 Å². The van der Waals surface area contributed by atoms with E-state index < -0.39 is 6.10 Å². The fraction of sp³-hybridized carbons (Fsp3) is 0.957. The highest BCUT2D eigenvalue weighted by Crippen LogP contribution is 2.36. The summed E-state index contributed by atoms with van der Waals surface area (Å²) >= 11 is 0. The lowest BCUT2D eigenvalue weighted by Gasteiger charge is -2.32. The van der Waals surface area contributed by atoms with Crippen molar-refractivity contribution in [2.45, 2.75) is 109 Å². The van der Waals surface area contributed by atoms with Gasteiger partial charge < -0.3 is 24.6 Å². The average molecular weight is 414 g/mol. The molecule has 0 aromatic carbocycles. The van der Waals surface area contributed by atoms with Crippen molar-refractivity contribution >= 4 is 5.97 Å². The lowest BCUT2D eigenvalue weighted by atomic mass is 9.84. The highest BCUT2D eigenvalue weighted by Gasteiger charge is 2.41. The molecule has 0 bridgehead atoms. The van der Waals surface area contributed by atoms with E-state index in [4.69, 9.17) is 14.2 Å². The zero-order valence-corrected chi connectivity index (χ0v) is 19.2. The maximum absolute atomic E-state index is 11.8. The van der Waals surface area contributed by atoms with Gasteiger partial charge in [-0.05, 0) is 52.5 Å². The highest BCUT2D eigenvalue weighted by atomic mass is 16.5. The summed E-state index contributed by atoms with van der Waals surface area (Å²) in [5.74, 6) is -0.429. The number of hydrogen-bond acceptors (Lipinski definition) is 6. The Kier molecular flexibility index (Phi) is 9.86. The molecule has 9 atom stereocenters. The molecule has 170 valence electrons. The fourth-order valence-corrected chi connectivity index (χ4v) is 5.04. The normalized spacial score (nSPS) is 32.5. The molecular weight excluding hydrogens is 370 g/mol. The maximum Gasteiger partial charge on any atom is 0.311 e. The monoisotopic (exact) mass is 413 g/mol. The first kappa shape index (κ1) is 24.6. The number of carbonyl (C=O) groups excluding carboxylic acids is 1. The Labute approximate surface area is 177 Å². The van der Waals surface area contributed by atoms with E-state index >= 15 is 0 Å². The third-order valence-corrected chi connectivity index (χ3v) is 7.20. The Hall–Kier alpha value is -0.690. The summed E-state index contributed by atoms with van der Waals surface area (Å²) in [7, 11) is 3.44. The Morgan fingerprint density at radius 2 is 1.66 bits per heavy atom. The van der Waals surface area contributed by atoms with Crippen LogP contribution in [0.4, 0.5) is 0 Å². The van der Waals surface area contributed by atoms with Crippen LogP contribution in [0.3, 0.4) is 0 Å². The molecule has 2 N–H and O–H groups in total. The smallest absolute Gasteiger partial charge is 0.311 e. The molecule has 0 aromatic rings. The Balaban J connectivity index is 1.83. The number of rotatable bonds is 11. The topological polar surface area (TPSA) is 77.0 Å². The van der Waals surface area contributed by atoms with Crippen molar-refractivity contribution in [1.82, 2.24) is 5.32 Å². The number of esters is 1. The number of aliphatic hydroxyl groups is 1. The number of ether oxygens (including phenoxy) is 3. The van der Waals surface area contributed by atoms with E-state index in [-0.39, 0.29) is 48.1 Å². The van der Waals surface area contributed by atoms with Crippen LogP contribution in [0.1, 0.15) is 72.6 Å². The Bertz CT molecular complexity index is 502. The molecule has 2 rings (SSSR count). The molecule has 6 nitrogen and oxygen atoms in total. The Morgan fingerprint density at radius 3 is 2.24 bits per heavy atom. The van der Waals surface area contributed by atoms with Crippen LogP contribution in [0.2, 0.25) is 0 Å². The predicted octanol–water partition coefficient (Wildman–Crippen LogP) is 3.30. The lowest BCUT2D eigenvalue weighted by molar-refractivity contribution is -0.151. The van der Waals surface area contributed by atoms with Gasteiger partial charge in [0.05, 0.1) is 43.5 Å². The molecule has 0 aliphatic carbocycles. The van der Waals surface area contributed by atoms with Crippen molar-refractivity contribution in [3.8, 4) is 0 Å². The molecule has 2 aliphatic rings. The van der Waals surface area contributed by atoms with E-state index in [1.54, 1.807) is 0 Å². The van der Waals surface area contributed by atoms with Crippen molar-refractivity contribution in [2.24, 2.45) is 17.8 Å². The largest absolute Gasteiger partial charge is 0.469 e. The molecule has 0 radical (unpaired) electrons.